The highest BCUT2D eigenvalue weighted by Crippen LogP contribution is 2.30. The van der Waals surface area contributed by atoms with Crippen LogP contribution >= 0.6 is 34.2 Å². The lowest BCUT2D eigenvalue weighted by molar-refractivity contribution is 0.199. The highest BCUT2D eigenvalue weighted by Gasteiger charge is 2.09. The lowest BCUT2D eigenvalue weighted by atomic mass is 10.2. The van der Waals surface area contributed by atoms with Crippen LogP contribution in [0.5, 0.6) is 11.5 Å². The fourth-order valence-corrected chi connectivity index (χ4v) is 2.60. The topological polar surface area (TPSA) is 30.5 Å². The van der Waals surface area contributed by atoms with Crippen LogP contribution in [0.4, 0.5) is 0 Å². The third kappa shape index (κ3) is 5.14. The molecule has 0 heterocycles. The van der Waals surface area contributed by atoms with E-state index < -0.39 is 0 Å². The maximum atomic E-state index is 6.29. The second-order valence-corrected chi connectivity index (χ2v) is 6.10. The van der Waals surface area contributed by atoms with Crippen molar-refractivity contribution in [2.45, 2.75) is 6.54 Å². The highest BCUT2D eigenvalue weighted by molar-refractivity contribution is 14.1. The molecular formula is C16H17ClINO2. The van der Waals surface area contributed by atoms with E-state index in [1.54, 1.807) is 7.11 Å². The van der Waals surface area contributed by atoms with E-state index in [1.165, 1.54) is 0 Å². The van der Waals surface area contributed by atoms with E-state index in [1.807, 2.05) is 42.5 Å². The second kappa shape index (κ2) is 8.58. The first-order valence-corrected chi connectivity index (χ1v) is 8.07. The third-order valence-corrected chi connectivity index (χ3v) is 3.91. The molecule has 0 aliphatic heterocycles. The van der Waals surface area contributed by atoms with Crippen molar-refractivity contribution in [2.75, 3.05) is 20.3 Å². The Morgan fingerprint density at radius 1 is 1.19 bits per heavy atom. The average Bonchev–Trinajstić information content (AvgIpc) is 2.46. The molecule has 5 heteroatoms. The predicted molar refractivity (Wildman–Crippen MR) is 94.3 cm³/mol. The van der Waals surface area contributed by atoms with Crippen molar-refractivity contribution in [1.82, 2.24) is 5.32 Å². The Bertz CT molecular complexity index is 592. The molecule has 0 atom stereocenters. The van der Waals surface area contributed by atoms with Crippen LogP contribution < -0.4 is 10.1 Å². The minimum Gasteiger partial charge on any atom is -0.457 e. The monoisotopic (exact) mass is 417 g/mol. The van der Waals surface area contributed by atoms with Gasteiger partial charge in [0.05, 0.1) is 6.61 Å². The maximum Gasteiger partial charge on any atom is 0.133 e. The van der Waals surface area contributed by atoms with Crippen molar-refractivity contribution < 1.29 is 9.47 Å². The van der Waals surface area contributed by atoms with E-state index in [-0.39, 0.29) is 0 Å². The predicted octanol–water partition coefficient (Wildman–Crippen LogP) is 4.47. The SMILES string of the molecule is COCCNCc1c(Cl)cccc1Oc1cccc(I)c1. The molecule has 0 unspecified atom stereocenters. The van der Waals surface area contributed by atoms with Crippen molar-refractivity contribution in [2.24, 2.45) is 0 Å². The van der Waals surface area contributed by atoms with E-state index in [0.717, 1.165) is 27.2 Å². The molecule has 2 aromatic carbocycles. The molecule has 21 heavy (non-hydrogen) atoms. The fourth-order valence-electron chi connectivity index (χ4n) is 1.85. The van der Waals surface area contributed by atoms with Crippen molar-refractivity contribution >= 4 is 34.2 Å². The molecule has 112 valence electrons. The van der Waals surface area contributed by atoms with Gasteiger partial charge in [0.15, 0.2) is 0 Å². The number of nitrogens with one attached hydrogen (secondary N) is 1. The Labute approximate surface area is 143 Å². The molecule has 2 rings (SSSR count). The molecule has 0 bridgehead atoms. The first-order valence-electron chi connectivity index (χ1n) is 6.61. The molecule has 0 spiro atoms. The van der Waals surface area contributed by atoms with E-state index in [4.69, 9.17) is 21.1 Å². The van der Waals surface area contributed by atoms with E-state index in [9.17, 15) is 0 Å². The summed E-state index contributed by atoms with van der Waals surface area (Å²) >= 11 is 8.55. The molecule has 0 aliphatic carbocycles. The molecule has 0 amide bonds. The zero-order valence-electron chi connectivity index (χ0n) is 11.7. The first kappa shape index (κ1) is 16.5. The van der Waals surface area contributed by atoms with Gasteiger partial charge in [-0.25, -0.2) is 0 Å². The van der Waals surface area contributed by atoms with Crippen LogP contribution in [0.1, 0.15) is 5.56 Å². The summed E-state index contributed by atoms with van der Waals surface area (Å²) in [6.07, 6.45) is 0. The van der Waals surface area contributed by atoms with Gasteiger partial charge in [-0.2, -0.15) is 0 Å². The molecular weight excluding hydrogens is 401 g/mol. The summed E-state index contributed by atoms with van der Waals surface area (Å²) in [5.74, 6) is 1.58. The van der Waals surface area contributed by atoms with Gasteiger partial charge in [-0.05, 0) is 52.9 Å². The van der Waals surface area contributed by atoms with Crippen molar-refractivity contribution in [1.29, 1.82) is 0 Å². The van der Waals surface area contributed by atoms with Gasteiger partial charge in [-0.3, -0.25) is 0 Å². The quantitative estimate of drug-likeness (QED) is 0.532. The Kier molecular flexibility index (Phi) is 6.76. The Balaban J connectivity index is 2.13. The van der Waals surface area contributed by atoms with Gasteiger partial charge in [0.2, 0.25) is 0 Å². The molecule has 0 saturated heterocycles. The second-order valence-electron chi connectivity index (χ2n) is 4.45. The van der Waals surface area contributed by atoms with Crippen molar-refractivity contribution in [3.63, 3.8) is 0 Å². The summed E-state index contributed by atoms with van der Waals surface area (Å²) < 4.78 is 12.1. The minimum absolute atomic E-state index is 0.641. The van der Waals surface area contributed by atoms with E-state index >= 15 is 0 Å². The molecule has 0 saturated carbocycles. The molecule has 0 aromatic heterocycles. The van der Waals surface area contributed by atoms with Crippen LogP contribution in [0, 0.1) is 3.57 Å². The Morgan fingerprint density at radius 2 is 2.00 bits per heavy atom. The zero-order chi connectivity index (χ0) is 15.1. The summed E-state index contributed by atoms with van der Waals surface area (Å²) in [6, 6.07) is 13.6. The number of hydrogen-bond acceptors (Lipinski definition) is 3. The molecule has 0 aliphatic rings. The van der Waals surface area contributed by atoms with Gasteiger partial charge in [0.25, 0.3) is 0 Å². The molecule has 0 fully saturated rings. The summed E-state index contributed by atoms with van der Waals surface area (Å²) in [4.78, 5) is 0. The number of methoxy groups -OCH3 is 1. The van der Waals surface area contributed by atoms with E-state index in [0.29, 0.717) is 18.2 Å². The van der Waals surface area contributed by atoms with E-state index in [2.05, 4.69) is 27.9 Å². The van der Waals surface area contributed by atoms with Gasteiger partial charge in [0, 0.05) is 34.4 Å². The van der Waals surface area contributed by atoms with Crippen LogP contribution in [-0.4, -0.2) is 20.3 Å². The van der Waals surface area contributed by atoms with Crippen molar-refractivity contribution in [3.8, 4) is 11.5 Å². The fraction of sp³-hybridized carbons (Fsp3) is 0.250. The summed E-state index contributed by atoms with van der Waals surface area (Å²) in [5, 5.41) is 3.99. The summed E-state index contributed by atoms with van der Waals surface area (Å²) in [6.45, 7) is 2.07. The number of hydrogen-bond donors (Lipinski definition) is 1. The number of ether oxygens (including phenoxy) is 2. The highest BCUT2D eigenvalue weighted by atomic mass is 127. The zero-order valence-corrected chi connectivity index (χ0v) is 14.6. The van der Waals surface area contributed by atoms with Gasteiger partial charge < -0.3 is 14.8 Å². The van der Waals surface area contributed by atoms with Crippen LogP contribution in [0.3, 0.4) is 0 Å². The number of halogens is 2. The van der Waals surface area contributed by atoms with Crippen LogP contribution in [0.15, 0.2) is 42.5 Å². The van der Waals surface area contributed by atoms with Gasteiger partial charge in [0.1, 0.15) is 11.5 Å². The smallest absolute Gasteiger partial charge is 0.133 e. The lowest BCUT2D eigenvalue weighted by Gasteiger charge is -2.13. The summed E-state index contributed by atoms with van der Waals surface area (Å²) in [5.41, 5.74) is 0.953. The first-order chi connectivity index (χ1) is 10.2. The largest absolute Gasteiger partial charge is 0.457 e. The van der Waals surface area contributed by atoms with Gasteiger partial charge in [-0.15, -0.1) is 0 Å². The van der Waals surface area contributed by atoms with Gasteiger partial charge >= 0.3 is 0 Å². The average molecular weight is 418 g/mol. The third-order valence-electron chi connectivity index (χ3n) is 2.88. The molecule has 3 nitrogen and oxygen atoms in total. The molecule has 2 aromatic rings. The van der Waals surface area contributed by atoms with Crippen LogP contribution in [-0.2, 0) is 11.3 Å². The standard InChI is InChI=1S/C16H17ClINO2/c1-20-9-8-19-11-14-15(17)6-3-7-16(14)21-13-5-2-4-12(18)10-13/h2-7,10,19H,8-9,11H2,1H3. The normalized spacial score (nSPS) is 10.6. The van der Waals surface area contributed by atoms with Crippen LogP contribution in [0.25, 0.3) is 0 Å². The number of benzene rings is 2. The maximum absolute atomic E-state index is 6.29. The number of rotatable bonds is 7. The minimum atomic E-state index is 0.641. The molecule has 0 radical (unpaired) electrons. The lowest BCUT2D eigenvalue weighted by Crippen LogP contribution is -2.19. The summed E-state index contributed by atoms with van der Waals surface area (Å²) in [7, 11) is 1.68. The van der Waals surface area contributed by atoms with Crippen LogP contribution in [0.2, 0.25) is 5.02 Å². The Hall–Kier alpha value is -0.820. The van der Waals surface area contributed by atoms with Crippen molar-refractivity contribution in [3.05, 3.63) is 56.6 Å². The van der Waals surface area contributed by atoms with Gasteiger partial charge in [-0.1, -0.05) is 23.7 Å². The molecule has 1 N–H and O–H groups in total. The Morgan fingerprint density at radius 3 is 2.76 bits per heavy atom.